The van der Waals surface area contributed by atoms with Gasteiger partial charge in [-0.2, -0.15) is 0 Å². The van der Waals surface area contributed by atoms with Crippen LogP contribution in [0.2, 0.25) is 0 Å². The number of nitrogens with zero attached hydrogens (tertiary/aromatic N) is 2. The van der Waals surface area contributed by atoms with Gasteiger partial charge in [0.25, 0.3) is 11.6 Å². The van der Waals surface area contributed by atoms with Crippen molar-refractivity contribution < 1.29 is 18.6 Å². The van der Waals surface area contributed by atoms with Crippen molar-refractivity contribution in [1.82, 2.24) is 4.90 Å². The quantitative estimate of drug-likeness (QED) is 0.501. The summed E-state index contributed by atoms with van der Waals surface area (Å²) in [4.78, 5) is 25.1. The zero-order valence-corrected chi connectivity index (χ0v) is 13.5. The average Bonchev–Trinajstić information content (AvgIpc) is 3.25. The van der Waals surface area contributed by atoms with Gasteiger partial charge in [-0.1, -0.05) is 12.1 Å². The van der Waals surface area contributed by atoms with Gasteiger partial charge in [0.2, 0.25) is 0 Å². The first-order valence-electron chi connectivity index (χ1n) is 7.65. The van der Waals surface area contributed by atoms with Crippen LogP contribution in [0.5, 0.6) is 0 Å². The Bertz CT molecular complexity index is 883. The van der Waals surface area contributed by atoms with E-state index in [-0.39, 0.29) is 24.3 Å². The fourth-order valence-electron chi connectivity index (χ4n) is 2.53. The van der Waals surface area contributed by atoms with Gasteiger partial charge in [-0.25, -0.2) is 0 Å². The number of nitro groups is 1. The SMILES string of the molecule is Cc1ccc(CN(Cc2ccco2)C(=O)c2ccccc2[N+](=O)[O-])o1. The number of rotatable bonds is 6. The molecule has 0 aliphatic rings. The topological polar surface area (TPSA) is 89.7 Å². The Kier molecular flexibility index (Phi) is 4.65. The van der Waals surface area contributed by atoms with Crippen LogP contribution in [-0.2, 0) is 13.1 Å². The van der Waals surface area contributed by atoms with Crippen molar-refractivity contribution in [3.63, 3.8) is 0 Å². The number of nitro benzene ring substituents is 1. The van der Waals surface area contributed by atoms with Gasteiger partial charge in [-0.15, -0.1) is 0 Å². The lowest BCUT2D eigenvalue weighted by Crippen LogP contribution is -2.30. The third-order valence-electron chi connectivity index (χ3n) is 3.69. The molecule has 7 nitrogen and oxygen atoms in total. The highest BCUT2D eigenvalue weighted by Crippen LogP contribution is 2.22. The largest absolute Gasteiger partial charge is 0.467 e. The molecule has 0 radical (unpaired) electrons. The van der Waals surface area contributed by atoms with Crippen LogP contribution in [0.1, 0.15) is 27.6 Å². The van der Waals surface area contributed by atoms with Crippen LogP contribution in [0.15, 0.2) is 63.6 Å². The molecular formula is C18H16N2O5. The number of hydrogen-bond acceptors (Lipinski definition) is 5. The summed E-state index contributed by atoms with van der Waals surface area (Å²) in [6, 6.07) is 12.9. The highest BCUT2D eigenvalue weighted by atomic mass is 16.6. The molecular weight excluding hydrogens is 324 g/mol. The van der Waals surface area contributed by atoms with Crippen molar-refractivity contribution >= 4 is 11.6 Å². The van der Waals surface area contributed by atoms with Gasteiger partial charge in [0.15, 0.2) is 0 Å². The van der Waals surface area contributed by atoms with Crippen molar-refractivity contribution in [3.8, 4) is 0 Å². The minimum absolute atomic E-state index is 0.0299. The third kappa shape index (κ3) is 3.77. The molecule has 1 aromatic carbocycles. The molecule has 3 rings (SSSR count). The molecule has 3 aromatic rings. The number of furan rings is 2. The Morgan fingerprint density at radius 3 is 2.48 bits per heavy atom. The van der Waals surface area contributed by atoms with Crippen LogP contribution >= 0.6 is 0 Å². The number of amides is 1. The van der Waals surface area contributed by atoms with E-state index in [4.69, 9.17) is 8.83 Å². The summed E-state index contributed by atoms with van der Waals surface area (Å²) >= 11 is 0. The van der Waals surface area contributed by atoms with Crippen LogP contribution in [0.25, 0.3) is 0 Å². The molecule has 0 saturated carbocycles. The number of benzene rings is 1. The Hall–Kier alpha value is -3.35. The van der Waals surface area contributed by atoms with Gasteiger partial charge in [0.1, 0.15) is 22.8 Å². The highest BCUT2D eigenvalue weighted by Gasteiger charge is 2.25. The predicted molar refractivity (Wildman–Crippen MR) is 88.8 cm³/mol. The van der Waals surface area contributed by atoms with E-state index < -0.39 is 10.8 Å². The van der Waals surface area contributed by atoms with Crippen molar-refractivity contribution in [2.75, 3.05) is 0 Å². The number of carbonyl (C=O) groups excluding carboxylic acids is 1. The number of para-hydroxylation sites is 1. The van der Waals surface area contributed by atoms with E-state index in [1.807, 2.05) is 6.92 Å². The molecule has 2 heterocycles. The van der Waals surface area contributed by atoms with Gasteiger partial charge >= 0.3 is 0 Å². The molecule has 0 unspecified atom stereocenters. The molecule has 2 aromatic heterocycles. The van der Waals surface area contributed by atoms with Gasteiger partial charge in [-0.05, 0) is 37.3 Å². The molecule has 7 heteroatoms. The molecule has 0 spiro atoms. The minimum atomic E-state index is -0.560. The van der Waals surface area contributed by atoms with E-state index in [9.17, 15) is 14.9 Å². The van der Waals surface area contributed by atoms with Crippen molar-refractivity contribution in [3.05, 3.63) is 87.8 Å². The third-order valence-corrected chi connectivity index (χ3v) is 3.69. The number of aryl methyl sites for hydroxylation is 1. The molecule has 0 bridgehead atoms. The smallest absolute Gasteiger partial charge is 0.282 e. The zero-order valence-electron chi connectivity index (χ0n) is 13.5. The lowest BCUT2D eigenvalue weighted by atomic mass is 10.1. The normalized spacial score (nSPS) is 10.6. The van der Waals surface area contributed by atoms with E-state index in [1.165, 1.54) is 29.4 Å². The average molecular weight is 340 g/mol. The summed E-state index contributed by atoms with van der Waals surface area (Å²) in [5, 5.41) is 11.2. The first-order valence-corrected chi connectivity index (χ1v) is 7.65. The van der Waals surface area contributed by atoms with E-state index in [1.54, 1.807) is 30.3 Å². The molecule has 0 atom stereocenters. The van der Waals surface area contributed by atoms with Crippen LogP contribution in [-0.4, -0.2) is 15.7 Å². The van der Waals surface area contributed by atoms with E-state index in [0.29, 0.717) is 11.5 Å². The zero-order chi connectivity index (χ0) is 17.8. The maximum absolute atomic E-state index is 12.9. The summed E-state index contributed by atoms with van der Waals surface area (Å²) in [7, 11) is 0. The first-order chi connectivity index (χ1) is 12.0. The van der Waals surface area contributed by atoms with Gasteiger partial charge in [0.05, 0.1) is 24.3 Å². The molecule has 0 fully saturated rings. The second kappa shape index (κ2) is 7.04. The lowest BCUT2D eigenvalue weighted by molar-refractivity contribution is -0.385. The molecule has 128 valence electrons. The van der Waals surface area contributed by atoms with Crippen LogP contribution < -0.4 is 0 Å². The standard InChI is InChI=1S/C18H16N2O5/c1-13-8-9-15(25-13)12-19(11-14-5-4-10-24-14)18(21)16-6-2-3-7-17(16)20(22)23/h2-10H,11-12H2,1H3. The van der Waals surface area contributed by atoms with Gasteiger partial charge in [0, 0.05) is 6.07 Å². The summed E-state index contributed by atoms with van der Waals surface area (Å²) < 4.78 is 10.9. The maximum atomic E-state index is 12.9. The second-order valence-corrected chi connectivity index (χ2v) is 5.53. The Labute approximate surface area is 143 Å². The van der Waals surface area contributed by atoms with Crippen molar-refractivity contribution in [1.29, 1.82) is 0 Å². The van der Waals surface area contributed by atoms with Crippen molar-refractivity contribution in [2.45, 2.75) is 20.0 Å². The van der Waals surface area contributed by atoms with Crippen LogP contribution in [0.3, 0.4) is 0 Å². The van der Waals surface area contributed by atoms with E-state index in [0.717, 1.165) is 5.76 Å². The Morgan fingerprint density at radius 1 is 1.08 bits per heavy atom. The molecule has 0 saturated heterocycles. The van der Waals surface area contributed by atoms with Gasteiger partial charge in [-0.3, -0.25) is 14.9 Å². The fourth-order valence-corrected chi connectivity index (χ4v) is 2.53. The van der Waals surface area contributed by atoms with Crippen LogP contribution in [0.4, 0.5) is 5.69 Å². The second-order valence-electron chi connectivity index (χ2n) is 5.53. The molecule has 0 aliphatic carbocycles. The fraction of sp³-hybridized carbons (Fsp3) is 0.167. The summed E-state index contributed by atoms with van der Waals surface area (Å²) in [6.45, 7) is 2.17. The number of carbonyl (C=O) groups is 1. The first kappa shape index (κ1) is 16.5. The van der Waals surface area contributed by atoms with E-state index >= 15 is 0 Å². The molecule has 0 N–H and O–H groups in total. The van der Waals surface area contributed by atoms with Gasteiger partial charge < -0.3 is 13.7 Å². The summed E-state index contributed by atoms with van der Waals surface area (Å²) in [6.07, 6.45) is 1.51. The van der Waals surface area contributed by atoms with E-state index in [2.05, 4.69) is 0 Å². The van der Waals surface area contributed by atoms with Crippen molar-refractivity contribution in [2.24, 2.45) is 0 Å². The maximum Gasteiger partial charge on any atom is 0.282 e. The predicted octanol–water partition coefficient (Wildman–Crippen LogP) is 3.93. The Morgan fingerprint density at radius 2 is 1.84 bits per heavy atom. The lowest BCUT2D eigenvalue weighted by Gasteiger charge is -2.20. The minimum Gasteiger partial charge on any atom is -0.467 e. The number of hydrogen-bond donors (Lipinski definition) is 0. The molecule has 25 heavy (non-hydrogen) atoms. The summed E-state index contributed by atoms with van der Waals surface area (Å²) in [5.41, 5.74) is -0.199. The molecule has 0 aliphatic heterocycles. The monoisotopic (exact) mass is 340 g/mol. The Balaban J connectivity index is 1.92. The molecule has 1 amide bonds. The highest BCUT2D eigenvalue weighted by molar-refractivity contribution is 5.98. The van der Waals surface area contributed by atoms with Crippen LogP contribution in [0, 0.1) is 17.0 Å². The summed E-state index contributed by atoms with van der Waals surface area (Å²) in [5.74, 6) is 1.44.